The van der Waals surface area contributed by atoms with Gasteiger partial charge in [0.1, 0.15) is 11.2 Å². The molecule has 1 atom stereocenters. The van der Waals surface area contributed by atoms with Gasteiger partial charge in [-0.2, -0.15) is 0 Å². The van der Waals surface area contributed by atoms with Crippen LogP contribution in [0.1, 0.15) is 17.9 Å². The molecule has 3 heterocycles. The predicted molar refractivity (Wildman–Crippen MR) is 264 cm³/mol. The summed E-state index contributed by atoms with van der Waals surface area (Å²) in [7, 11) is 0. The first-order valence-electron chi connectivity index (χ1n) is 21.4. The van der Waals surface area contributed by atoms with Crippen molar-refractivity contribution in [3.05, 3.63) is 224 Å². The third kappa shape index (κ3) is 6.62. The Morgan fingerprint density at radius 1 is 0.508 bits per heavy atom. The molecule has 298 valence electrons. The Morgan fingerprint density at radius 3 is 1.86 bits per heavy atom. The Bertz CT molecular complexity index is 3480. The zero-order valence-electron chi connectivity index (χ0n) is 34.2. The predicted octanol–water partition coefficient (Wildman–Crippen LogP) is 16.5. The lowest BCUT2D eigenvalue weighted by molar-refractivity contribution is 0.673. The molecular weight excluding hydrogens is 787 g/mol. The van der Waals surface area contributed by atoms with Crippen LogP contribution in [-0.4, -0.2) is 9.97 Å². The van der Waals surface area contributed by atoms with Crippen molar-refractivity contribution >= 4 is 70.5 Å². The number of benzene rings is 8. The van der Waals surface area contributed by atoms with Crippen LogP contribution in [0.3, 0.4) is 0 Å². The van der Waals surface area contributed by atoms with E-state index in [0.29, 0.717) is 5.82 Å². The number of aromatic nitrogens is 2. The molecule has 5 heteroatoms. The smallest absolute Gasteiger partial charge is 0.160 e. The summed E-state index contributed by atoms with van der Waals surface area (Å²) in [6.45, 7) is 0. The first kappa shape index (κ1) is 36.9. The SMILES string of the molecule is C1=CCC(c2cc(-c3nc(-c4ccccc4)cc(-c4ccccc4)n3)cc(-c3ccccc3)c2N(c2ccccc2)c2ccc3c(c2)oc2c3ccc3sc4ccccc4c32)C=C1. The van der Waals surface area contributed by atoms with Crippen LogP contribution in [0.15, 0.2) is 223 Å². The first-order valence-corrected chi connectivity index (χ1v) is 22.2. The Morgan fingerprint density at radius 2 is 1.16 bits per heavy atom. The molecule has 0 bridgehead atoms. The summed E-state index contributed by atoms with van der Waals surface area (Å²) in [5.74, 6) is 0.761. The van der Waals surface area contributed by atoms with E-state index in [1.807, 2.05) is 23.5 Å². The third-order valence-electron chi connectivity index (χ3n) is 12.2. The average molecular weight is 826 g/mol. The number of hydrogen-bond acceptors (Lipinski definition) is 5. The second kappa shape index (κ2) is 15.6. The summed E-state index contributed by atoms with van der Waals surface area (Å²) in [5, 5.41) is 4.64. The summed E-state index contributed by atoms with van der Waals surface area (Å²) in [6, 6.07) is 68.8. The first-order chi connectivity index (χ1) is 31.2. The monoisotopic (exact) mass is 825 g/mol. The topological polar surface area (TPSA) is 42.2 Å². The lowest BCUT2D eigenvalue weighted by Gasteiger charge is -2.32. The average Bonchev–Trinajstić information content (AvgIpc) is 3.93. The van der Waals surface area contributed by atoms with Crippen molar-refractivity contribution in [2.75, 3.05) is 4.90 Å². The van der Waals surface area contributed by atoms with Crippen LogP contribution in [0.4, 0.5) is 17.1 Å². The molecule has 4 nitrogen and oxygen atoms in total. The number of furan rings is 1. The van der Waals surface area contributed by atoms with Gasteiger partial charge in [-0.15, -0.1) is 11.3 Å². The minimum atomic E-state index is 0.0830. The van der Waals surface area contributed by atoms with Crippen LogP contribution >= 0.6 is 11.3 Å². The number of fused-ring (bicyclic) bond motifs is 7. The molecule has 0 saturated carbocycles. The lowest BCUT2D eigenvalue weighted by Crippen LogP contribution is -2.15. The highest BCUT2D eigenvalue weighted by Crippen LogP contribution is 2.50. The van der Waals surface area contributed by atoms with Gasteiger partial charge in [0.2, 0.25) is 0 Å². The van der Waals surface area contributed by atoms with Gasteiger partial charge >= 0.3 is 0 Å². The third-order valence-corrected chi connectivity index (χ3v) is 13.3. The van der Waals surface area contributed by atoms with E-state index < -0.39 is 0 Å². The zero-order valence-corrected chi connectivity index (χ0v) is 35.0. The molecule has 0 aliphatic heterocycles. The summed E-state index contributed by atoms with van der Waals surface area (Å²) in [4.78, 5) is 13.1. The summed E-state index contributed by atoms with van der Waals surface area (Å²) < 4.78 is 9.47. The van der Waals surface area contributed by atoms with Crippen molar-refractivity contribution < 1.29 is 4.42 Å². The van der Waals surface area contributed by atoms with Crippen LogP contribution in [-0.2, 0) is 0 Å². The standard InChI is InChI=1S/C58H39N3OS/c1-6-18-38(19-7-1)48-34-42(58-59-50(40-22-10-3-11-23-40)37-51(60-58)41-24-12-4-13-25-41)35-49(39-20-8-2-9-21-39)56(48)61(43-26-14-5-15-27-43)44-30-31-45-46-32-33-54-55(57(46)62-52(45)36-44)47-28-16-17-29-53(47)63-54/h1-20,22-37,39H,21H2. The van der Waals surface area contributed by atoms with Crippen LogP contribution in [0.2, 0.25) is 0 Å². The van der Waals surface area contributed by atoms with Crippen molar-refractivity contribution in [1.82, 2.24) is 9.97 Å². The van der Waals surface area contributed by atoms with Crippen LogP contribution in [0.5, 0.6) is 0 Å². The van der Waals surface area contributed by atoms with E-state index >= 15 is 0 Å². The number of nitrogens with zero attached hydrogens (tertiary/aromatic N) is 3. The van der Waals surface area contributed by atoms with Crippen molar-refractivity contribution in [3.8, 4) is 45.0 Å². The molecular formula is C58H39N3OS. The van der Waals surface area contributed by atoms with E-state index in [1.165, 1.54) is 25.7 Å². The Hall–Kier alpha value is -7.86. The van der Waals surface area contributed by atoms with Crippen molar-refractivity contribution in [2.45, 2.75) is 12.3 Å². The van der Waals surface area contributed by atoms with Gasteiger partial charge in [0.05, 0.1) is 17.1 Å². The molecule has 1 aliphatic rings. The summed E-state index contributed by atoms with van der Waals surface area (Å²) in [5.41, 5.74) is 13.1. The number of rotatable bonds is 8. The lowest BCUT2D eigenvalue weighted by atomic mass is 9.85. The van der Waals surface area contributed by atoms with Crippen molar-refractivity contribution in [1.29, 1.82) is 0 Å². The molecule has 0 N–H and O–H groups in total. The van der Waals surface area contributed by atoms with Gasteiger partial charge in [-0.1, -0.05) is 152 Å². The van der Waals surface area contributed by atoms with Gasteiger partial charge in [0, 0.05) is 76.6 Å². The van der Waals surface area contributed by atoms with E-state index in [4.69, 9.17) is 14.4 Å². The van der Waals surface area contributed by atoms with E-state index in [-0.39, 0.29) is 5.92 Å². The normalized spacial score (nSPS) is 13.7. The number of allylic oxidation sites excluding steroid dienone is 4. The minimum Gasteiger partial charge on any atom is -0.455 e. The fraction of sp³-hybridized carbons (Fsp3) is 0.0345. The zero-order chi connectivity index (χ0) is 41.7. The number of para-hydroxylation sites is 1. The quantitative estimate of drug-likeness (QED) is 0.153. The molecule has 0 saturated heterocycles. The van der Waals surface area contributed by atoms with Gasteiger partial charge < -0.3 is 9.32 Å². The summed E-state index contributed by atoms with van der Waals surface area (Å²) in [6.07, 6.45) is 9.78. The molecule has 8 aromatic carbocycles. The van der Waals surface area contributed by atoms with Crippen LogP contribution in [0.25, 0.3) is 87.1 Å². The Balaban J connectivity index is 1.13. The van der Waals surface area contributed by atoms with Gasteiger partial charge in [-0.05, 0) is 78.2 Å². The highest BCUT2D eigenvalue weighted by atomic mass is 32.1. The van der Waals surface area contributed by atoms with Gasteiger partial charge in [-0.25, -0.2) is 9.97 Å². The fourth-order valence-electron chi connectivity index (χ4n) is 9.21. The number of anilines is 3. The van der Waals surface area contributed by atoms with Crippen LogP contribution < -0.4 is 4.90 Å². The molecule has 0 spiro atoms. The van der Waals surface area contributed by atoms with E-state index in [1.54, 1.807) is 0 Å². The molecule has 0 fully saturated rings. The maximum Gasteiger partial charge on any atom is 0.160 e. The maximum absolute atomic E-state index is 6.97. The number of hydrogen-bond donors (Lipinski definition) is 0. The molecule has 0 radical (unpaired) electrons. The highest BCUT2D eigenvalue weighted by Gasteiger charge is 2.27. The van der Waals surface area contributed by atoms with Crippen molar-refractivity contribution in [3.63, 3.8) is 0 Å². The molecule has 0 amide bonds. The van der Waals surface area contributed by atoms with E-state index in [9.17, 15) is 0 Å². The van der Waals surface area contributed by atoms with Gasteiger partial charge in [0.25, 0.3) is 0 Å². The molecule has 63 heavy (non-hydrogen) atoms. The molecule has 1 aliphatic carbocycles. The van der Waals surface area contributed by atoms with Gasteiger partial charge in [-0.3, -0.25) is 0 Å². The molecule has 3 aromatic heterocycles. The second-order valence-corrected chi connectivity index (χ2v) is 17.1. The number of thiophene rings is 1. The van der Waals surface area contributed by atoms with Crippen LogP contribution in [0, 0.1) is 0 Å². The van der Waals surface area contributed by atoms with E-state index in [0.717, 1.165) is 84.6 Å². The minimum absolute atomic E-state index is 0.0830. The molecule has 11 aromatic rings. The highest BCUT2D eigenvalue weighted by molar-refractivity contribution is 7.26. The molecule has 1 unspecified atom stereocenters. The van der Waals surface area contributed by atoms with Crippen molar-refractivity contribution in [2.24, 2.45) is 0 Å². The van der Waals surface area contributed by atoms with Gasteiger partial charge in [0.15, 0.2) is 5.82 Å². The largest absolute Gasteiger partial charge is 0.455 e. The Kier molecular flexibility index (Phi) is 9.12. The Labute approximate surface area is 369 Å². The maximum atomic E-state index is 6.97. The fourth-order valence-corrected chi connectivity index (χ4v) is 10.3. The van der Waals surface area contributed by atoms with E-state index in [2.05, 4.69) is 211 Å². The summed E-state index contributed by atoms with van der Waals surface area (Å²) >= 11 is 1.81. The second-order valence-electron chi connectivity index (χ2n) is 16.0. The molecule has 12 rings (SSSR count).